The topological polar surface area (TPSA) is 94.5 Å². The number of aliphatic hydroxyl groups excluding tert-OH is 2. The smallest absolute Gasteiger partial charge is 0.337 e. The molecule has 0 saturated carbocycles. The maximum Gasteiger partial charge on any atom is 0.337 e. The summed E-state index contributed by atoms with van der Waals surface area (Å²) in [4.78, 5) is 11.2. The number of rotatable bonds is 6. The van der Waals surface area contributed by atoms with Gasteiger partial charge in [0.1, 0.15) is 6.10 Å². The molecule has 0 amide bonds. The van der Waals surface area contributed by atoms with Crippen LogP contribution in [0.4, 0.5) is 0 Å². The summed E-state index contributed by atoms with van der Waals surface area (Å²) in [5.41, 5.74) is 0.234. The molecule has 7 heteroatoms. The molecular weight excluding hydrogens is 268 g/mol. The Kier molecular flexibility index (Phi) is 5.60. The van der Waals surface area contributed by atoms with Gasteiger partial charge in [-0.25, -0.2) is 4.79 Å². The number of methoxy groups -OCH3 is 4. The van der Waals surface area contributed by atoms with Crippen LogP contribution in [0.15, 0.2) is 12.1 Å². The minimum absolute atomic E-state index is 0.234. The number of aliphatic hydroxyl groups is 2. The summed E-state index contributed by atoms with van der Waals surface area (Å²) < 4.78 is 19.8. The molecule has 112 valence electrons. The first-order chi connectivity index (χ1) is 9.49. The van der Waals surface area contributed by atoms with Gasteiger partial charge in [-0.3, -0.25) is 0 Å². The van der Waals surface area contributed by atoms with E-state index in [2.05, 4.69) is 4.74 Å². The summed E-state index contributed by atoms with van der Waals surface area (Å²) in [7, 11) is 5.40. The van der Waals surface area contributed by atoms with Gasteiger partial charge in [0.15, 0.2) is 17.6 Å². The predicted octanol–water partition coefficient (Wildman–Crippen LogP) is 0.280. The van der Waals surface area contributed by atoms with Gasteiger partial charge in [0.25, 0.3) is 0 Å². The molecule has 0 bridgehead atoms. The Balaban J connectivity index is 3.22. The lowest BCUT2D eigenvalue weighted by atomic mass is 10.0. The Hall–Kier alpha value is -1.99. The number of carbonyl (C=O) groups is 1. The predicted molar refractivity (Wildman–Crippen MR) is 69.1 cm³/mol. The zero-order valence-corrected chi connectivity index (χ0v) is 11.7. The molecule has 7 nitrogen and oxygen atoms in total. The van der Waals surface area contributed by atoms with Crippen LogP contribution in [0.5, 0.6) is 17.2 Å². The fraction of sp³-hybridized carbons (Fsp3) is 0.462. The molecule has 0 spiro atoms. The SMILES string of the molecule is COC(=O)[C@H](O)[C@@H](O)c1cc(OC)c(OC)c(OC)c1. The summed E-state index contributed by atoms with van der Waals surface area (Å²) in [6.07, 6.45) is -3.18. The first kappa shape index (κ1) is 16.1. The van der Waals surface area contributed by atoms with Gasteiger partial charge in [-0.1, -0.05) is 0 Å². The Labute approximate surface area is 116 Å². The van der Waals surface area contributed by atoms with E-state index >= 15 is 0 Å². The van der Waals surface area contributed by atoms with Crippen LogP contribution >= 0.6 is 0 Å². The van der Waals surface area contributed by atoms with Crippen LogP contribution in [-0.4, -0.2) is 50.7 Å². The second-order valence-corrected chi connectivity index (χ2v) is 3.87. The number of esters is 1. The molecule has 2 N–H and O–H groups in total. The highest BCUT2D eigenvalue weighted by atomic mass is 16.5. The van der Waals surface area contributed by atoms with Gasteiger partial charge in [-0.05, 0) is 17.7 Å². The van der Waals surface area contributed by atoms with Gasteiger partial charge in [0, 0.05) is 0 Å². The van der Waals surface area contributed by atoms with Crippen molar-refractivity contribution in [1.82, 2.24) is 0 Å². The van der Waals surface area contributed by atoms with Crippen LogP contribution < -0.4 is 14.2 Å². The van der Waals surface area contributed by atoms with E-state index in [0.717, 1.165) is 7.11 Å². The van der Waals surface area contributed by atoms with Crippen molar-refractivity contribution in [2.75, 3.05) is 28.4 Å². The van der Waals surface area contributed by atoms with Crippen molar-refractivity contribution in [2.24, 2.45) is 0 Å². The molecule has 1 rings (SSSR count). The zero-order valence-electron chi connectivity index (χ0n) is 11.7. The van der Waals surface area contributed by atoms with E-state index in [9.17, 15) is 15.0 Å². The number of hydrogen-bond acceptors (Lipinski definition) is 7. The third kappa shape index (κ3) is 3.12. The Morgan fingerprint density at radius 3 is 1.85 bits per heavy atom. The normalized spacial score (nSPS) is 13.3. The van der Waals surface area contributed by atoms with E-state index < -0.39 is 18.2 Å². The molecule has 0 radical (unpaired) electrons. The van der Waals surface area contributed by atoms with Crippen molar-refractivity contribution in [3.8, 4) is 17.2 Å². The average Bonchev–Trinajstić information content (AvgIpc) is 2.50. The molecule has 0 aliphatic rings. The summed E-state index contributed by atoms with van der Waals surface area (Å²) in [6.45, 7) is 0. The van der Waals surface area contributed by atoms with E-state index in [-0.39, 0.29) is 5.56 Å². The van der Waals surface area contributed by atoms with Crippen LogP contribution in [0.1, 0.15) is 11.7 Å². The van der Waals surface area contributed by atoms with Crippen LogP contribution in [0.25, 0.3) is 0 Å². The molecule has 0 saturated heterocycles. The lowest BCUT2D eigenvalue weighted by Crippen LogP contribution is -2.29. The quantitative estimate of drug-likeness (QED) is 0.725. The molecule has 1 aromatic carbocycles. The largest absolute Gasteiger partial charge is 0.493 e. The molecule has 2 atom stereocenters. The number of carbonyl (C=O) groups excluding carboxylic acids is 1. The van der Waals surface area contributed by atoms with E-state index in [1.807, 2.05) is 0 Å². The lowest BCUT2D eigenvalue weighted by Gasteiger charge is -2.19. The minimum Gasteiger partial charge on any atom is -0.493 e. The monoisotopic (exact) mass is 286 g/mol. The lowest BCUT2D eigenvalue weighted by molar-refractivity contribution is -0.156. The van der Waals surface area contributed by atoms with Crippen molar-refractivity contribution in [1.29, 1.82) is 0 Å². The summed E-state index contributed by atoms with van der Waals surface area (Å²) in [5, 5.41) is 19.6. The van der Waals surface area contributed by atoms with Crippen molar-refractivity contribution < 1.29 is 34.0 Å². The van der Waals surface area contributed by atoms with Gasteiger partial charge < -0.3 is 29.2 Å². The Bertz CT molecular complexity index is 447. The average molecular weight is 286 g/mol. The van der Waals surface area contributed by atoms with Gasteiger partial charge in [0.2, 0.25) is 5.75 Å². The van der Waals surface area contributed by atoms with E-state index in [1.165, 1.54) is 33.5 Å². The maximum atomic E-state index is 11.2. The molecule has 0 fully saturated rings. The number of ether oxygens (including phenoxy) is 4. The summed E-state index contributed by atoms with van der Waals surface area (Å²) in [6, 6.07) is 2.89. The number of hydrogen-bond donors (Lipinski definition) is 2. The molecule has 0 aliphatic carbocycles. The maximum absolute atomic E-state index is 11.2. The van der Waals surface area contributed by atoms with E-state index in [1.54, 1.807) is 0 Å². The summed E-state index contributed by atoms with van der Waals surface area (Å²) >= 11 is 0. The highest BCUT2D eigenvalue weighted by molar-refractivity contribution is 5.75. The van der Waals surface area contributed by atoms with Gasteiger partial charge in [-0.2, -0.15) is 0 Å². The van der Waals surface area contributed by atoms with E-state index in [0.29, 0.717) is 17.2 Å². The second-order valence-electron chi connectivity index (χ2n) is 3.87. The van der Waals surface area contributed by atoms with Crippen molar-refractivity contribution in [3.05, 3.63) is 17.7 Å². The second kappa shape index (κ2) is 6.97. The van der Waals surface area contributed by atoms with Crippen LogP contribution in [0, 0.1) is 0 Å². The van der Waals surface area contributed by atoms with Gasteiger partial charge in [0.05, 0.1) is 28.4 Å². The first-order valence-electron chi connectivity index (χ1n) is 5.74. The van der Waals surface area contributed by atoms with Crippen molar-refractivity contribution in [2.45, 2.75) is 12.2 Å². The molecule has 0 heterocycles. The van der Waals surface area contributed by atoms with Gasteiger partial charge in [-0.15, -0.1) is 0 Å². The fourth-order valence-electron chi connectivity index (χ4n) is 1.70. The molecule has 0 unspecified atom stereocenters. The highest BCUT2D eigenvalue weighted by Gasteiger charge is 2.28. The Morgan fingerprint density at radius 2 is 1.50 bits per heavy atom. The van der Waals surface area contributed by atoms with Crippen LogP contribution in [-0.2, 0) is 9.53 Å². The Morgan fingerprint density at radius 1 is 1.00 bits per heavy atom. The highest BCUT2D eigenvalue weighted by Crippen LogP contribution is 2.40. The van der Waals surface area contributed by atoms with Crippen molar-refractivity contribution >= 4 is 5.97 Å². The van der Waals surface area contributed by atoms with Crippen LogP contribution in [0.2, 0.25) is 0 Å². The molecule has 20 heavy (non-hydrogen) atoms. The van der Waals surface area contributed by atoms with Crippen LogP contribution in [0.3, 0.4) is 0 Å². The number of benzene rings is 1. The zero-order chi connectivity index (χ0) is 15.3. The fourth-order valence-corrected chi connectivity index (χ4v) is 1.70. The molecular formula is C13H18O7. The van der Waals surface area contributed by atoms with Crippen molar-refractivity contribution in [3.63, 3.8) is 0 Å². The molecule has 0 aromatic heterocycles. The molecule has 0 aliphatic heterocycles. The van der Waals surface area contributed by atoms with E-state index in [4.69, 9.17) is 14.2 Å². The third-order valence-electron chi connectivity index (χ3n) is 2.77. The third-order valence-corrected chi connectivity index (χ3v) is 2.77. The summed E-state index contributed by atoms with van der Waals surface area (Å²) in [5.74, 6) is 0.0145. The minimum atomic E-state index is -1.71. The molecule has 1 aromatic rings. The standard InChI is InChI=1S/C13H18O7/c1-17-8-5-7(6-9(18-2)12(8)19-3)10(14)11(15)13(16)20-4/h5-6,10-11,14-15H,1-4H3/t10-,11+/m0/s1. The first-order valence-corrected chi connectivity index (χ1v) is 5.74. The van der Waals surface area contributed by atoms with Gasteiger partial charge >= 0.3 is 5.97 Å².